The van der Waals surface area contributed by atoms with Crippen LogP contribution in [0.1, 0.15) is 18.4 Å². The lowest BCUT2D eigenvalue weighted by Gasteiger charge is -2.31. The standard InChI is InChI=1S/C24H23ClFN5O/c25-18-14-16(5-6-19(18)26)31-13-9-17-20(7-8-21-23(17)24(31)28-15-27-21)29-22(32)4-3-12-30-10-1-2-11-30/h3-8,14-15H,1-2,9-13H2,(H,29,32)/b4-3+. The minimum Gasteiger partial charge on any atom is -0.325 e. The fourth-order valence-corrected chi connectivity index (χ4v) is 4.64. The number of likely N-dealkylation sites (tertiary alicyclic amines) is 1. The monoisotopic (exact) mass is 451 g/mol. The highest BCUT2D eigenvalue weighted by Gasteiger charge is 2.25. The third-order valence-electron chi connectivity index (χ3n) is 6.04. The average molecular weight is 452 g/mol. The largest absolute Gasteiger partial charge is 0.325 e. The molecule has 1 N–H and O–H groups in total. The van der Waals surface area contributed by atoms with Gasteiger partial charge in [0.2, 0.25) is 5.91 Å². The van der Waals surface area contributed by atoms with E-state index in [9.17, 15) is 9.18 Å². The van der Waals surface area contributed by atoms with Gasteiger partial charge in [-0.2, -0.15) is 0 Å². The minimum absolute atomic E-state index is 0.0697. The van der Waals surface area contributed by atoms with Gasteiger partial charge < -0.3 is 10.2 Å². The number of nitrogens with one attached hydrogen (secondary N) is 1. The highest BCUT2D eigenvalue weighted by atomic mass is 35.5. The van der Waals surface area contributed by atoms with Gasteiger partial charge in [0.1, 0.15) is 18.0 Å². The van der Waals surface area contributed by atoms with Gasteiger partial charge in [0, 0.05) is 35.9 Å². The molecule has 1 fully saturated rings. The number of hydrogen-bond donors (Lipinski definition) is 1. The van der Waals surface area contributed by atoms with Gasteiger partial charge in [-0.05, 0) is 68.2 Å². The third kappa shape index (κ3) is 4.06. The summed E-state index contributed by atoms with van der Waals surface area (Å²) in [7, 11) is 0. The van der Waals surface area contributed by atoms with Crippen molar-refractivity contribution in [2.24, 2.45) is 0 Å². The first kappa shape index (κ1) is 20.8. The predicted octanol–water partition coefficient (Wildman–Crippen LogP) is 4.71. The van der Waals surface area contributed by atoms with E-state index in [1.165, 1.54) is 25.2 Å². The molecule has 1 amide bonds. The van der Waals surface area contributed by atoms with Crippen LogP contribution in [0.5, 0.6) is 0 Å². The zero-order valence-electron chi connectivity index (χ0n) is 17.5. The SMILES string of the molecule is O=C(/C=C/CN1CCCC1)Nc1ccc2ncnc3c2c1CCN3c1ccc(F)c(Cl)c1. The van der Waals surface area contributed by atoms with Crippen molar-refractivity contribution in [1.82, 2.24) is 14.9 Å². The molecule has 6 nitrogen and oxygen atoms in total. The molecule has 1 saturated heterocycles. The first-order valence-electron chi connectivity index (χ1n) is 10.8. The fourth-order valence-electron chi connectivity index (χ4n) is 4.47. The van der Waals surface area contributed by atoms with E-state index in [0.29, 0.717) is 13.0 Å². The van der Waals surface area contributed by atoms with Gasteiger partial charge in [-0.25, -0.2) is 14.4 Å². The van der Waals surface area contributed by atoms with E-state index in [1.807, 2.05) is 23.1 Å². The number of hydrogen-bond acceptors (Lipinski definition) is 5. The van der Waals surface area contributed by atoms with E-state index < -0.39 is 5.82 Å². The van der Waals surface area contributed by atoms with Gasteiger partial charge in [0.05, 0.1) is 10.5 Å². The lowest BCUT2D eigenvalue weighted by molar-refractivity contribution is -0.111. The number of anilines is 3. The first-order valence-corrected chi connectivity index (χ1v) is 11.2. The molecule has 164 valence electrons. The maximum absolute atomic E-state index is 13.7. The Morgan fingerprint density at radius 2 is 2.00 bits per heavy atom. The van der Waals surface area contributed by atoms with Crippen LogP contribution < -0.4 is 10.2 Å². The summed E-state index contributed by atoms with van der Waals surface area (Å²) in [5.74, 6) is 0.119. The summed E-state index contributed by atoms with van der Waals surface area (Å²) in [5.41, 5.74) is 3.33. The molecule has 0 saturated carbocycles. The van der Waals surface area contributed by atoms with Crippen molar-refractivity contribution >= 4 is 45.6 Å². The van der Waals surface area contributed by atoms with Gasteiger partial charge in [0.15, 0.2) is 0 Å². The van der Waals surface area contributed by atoms with Crippen molar-refractivity contribution in [2.45, 2.75) is 19.3 Å². The van der Waals surface area contributed by atoms with Gasteiger partial charge in [-0.1, -0.05) is 17.7 Å². The van der Waals surface area contributed by atoms with Gasteiger partial charge in [0.25, 0.3) is 0 Å². The van der Waals surface area contributed by atoms with Crippen LogP contribution >= 0.6 is 11.6 Å². The molecule has 32 heavy (non-hydrogen) atoms. The number of carbonyl (C=O) groups excluding carboxylic acids is 1. The van der Waals surface area contributed by atoms with Gasteiger partial charge in [-0.15, -0.1) is 0 Å². The third-order valence-corrected chi connectivity index (χ3v) is 6.33. The number of nitrogens with zero attached hydrogens (tertiary/aromatic N) is 4. The normalized spacial score (nSPS) is 16.2. The Hall–Kier alpha value is -3.03. The second-order valence-electron chi connectivity index (χ2n) is 8.08. The number of rotatable bonds is 5. The summed E-state index contributed by atoms with van der Waals surface area (Å²) in [6, 6.07) is 8.43. The molecule has 0 atom stereocenters. The van der Waals surface area contributed by atoms with Crippen LogP contribution in [0.15, 0.2) is 48.8 Å². The quantitative estimate of drug-likeness (QED) is 0.569. The topological polar surface area (TPSA) is 61.4 Å². The molecule has 0 unspecified atom stereocenters. The minimum atomic E-state index is -0.455. The zero-order chi connectivity index (χ0) is 22.1. The first-order chi connectivity index (χ1) is 15.6. The molecule has 2 aliphatic rings. The molecule has 3 heterocycles. The molecule has 8 heteroatoms. The summed E-state index contributed by atoms with van der Waals surface area (Å²) in [5, 5.41) is 3.98. The van der Waals surface area contributed by atoms with Crippen LogP contribution in [0, 0.1) is 5.82 Å². The molecular formula is C24H23ClFN5O. The van der Waals surface area contributed by atoms with E-state index in [0.717, 1.165) is 53.3 Å². The van der Waals surface area contributed by atoms with E-state index >= 15 is 0 Å². The maximum atomic E-state index is 13.7. The van der Waals surface area contributed by atoms with E-state index in [4.69, 9.17) is 11.6 Å². The summed E-state index contributed by atoms with van der Waals surface area (Å²) in [6.07, 6.45) is 8.18. The molecule has 0 spiro atoms. The molecule has 5 rings (SSSR count). The van der Waals surface area contributed by atoms with E-state index in [-0.39, 0.29) is 10.9 Å². The molecular weight excluding hydrogens is 429 g/mol. The van der Waals surface area contributed by atoms with Crippen molar-refractivity contribution in [2.75, 3.05) is 36.4 Å². The van der Waals surface area contributed by atoms with Crippen LogP contribution in [-0.4, -0.2) is 47.0 Å². The zero-order valence-corrected chi connectivity index (χ0v) is 18.3. The molecule has 2 aliphatic heterocycles. The number of aromatic nitrogens is 2. The lowest BCUT2D eigenvalue weighted by atomic mass is 9.98. The Bertz CT molecular complexity index is 1210. The Labute approximate surface area is 190 Å². The Morgan fingerprint density at radius 3 is 2.81 bits per heavy atom. The smallest absolute Gasteiger partial charge is 0.248 e. The number of carbonyl (C=O) groups is 1. The van der Waals surface area contributed by atoms with E-state index in [1.54, 1.807) is 18.2 Å². The predicted molar refractivity (Wildman–Crippen MR) is 125 cm³/mol. The molecule has 2 aromatic carbocycles. The second kappa shape index (κ2) is 8.84. The Balaban J connectivity index is 1.43. The van der Waals surface area contributed by atoms with Crippen molar-refractivity contribution < 1.29 is 9.18 Å². The van der Waals surface area contributed by atoms with Crippen LogP contribution in [0.3, 0.4) is 0 Å². The second-order valence-corrected chi connectivity index (χ2v) is 8.49. The van der Waals surface area contributed by atoms with E-state index in [2.05, 4.69) is 20.2 Å². The Kier molecular flexibility index (Phi) is 5.76. The average Bonchev–Trinajstić information content (AvgIpc) is 3.31. The Morgan fingerprint density at radius 1 is 1.16 bits per heavy atom. The fraction of sp³-hybridized carbons (Fsp3) is 0.292. The number of amides is 1. The van der Waals surface area contributed by atoms with Crippen LogP contribution in [-0.2, 0) is 11.2 Å². The van der Waals surface area contributed by atoms with Gasteiger partial charge in [-0.3, -0.25) is 9.69 Å². The molecule has 0 bridgehead atoms. The van der Waals surface area contributed by atoms with Crippen molar-refractivity contribution in [3.63, 3.8) is 0 Å². The molecule has 0 aliphatic carbocycles. The molecule has 3 aromatic rings. The molecule has 1 aromatic heterocycles. The highest BCUT2D eigenvalue weighted by Crippen LogP contribution is 2.39. The summed E-state index contributed by atoms with van der Waals surface area (Å²) in [4.78, 5) is 25.8. The maximum Gasteiger partial charge on any atom is 0.248 e. The number of halogens is 2. The summed E-state index contributed by atoms with van der Waals surface area (Å²) >= 11 is 6.01. The lowest BCUT2D eigenvalue weighted by Crippen LogP contribution is -2.26. The van der Waals surface area contributed by atoms with Crippen molar-refractivity contribution in [1.29, 1.82) is 0 Å². The van der Waals surface area contributed by atoms with Gasteiger partial charge >= 0.3 is 0 Å². The van der Waals surface area contributed by atoms with Crippen LogP contribution in [0.4, 0.5) is 21.6 Å². The van der Waals surface area contributed by atoms with Crippen molar-refractivity contribution in [3.05, 3.63) is 65.2 Å². The summed E-state index contributed by atoms with van der Waals surface area (Å²) in [6.45, 7) is 3.61. The summed E-state index contributed by atoms with van der Waals surface area (Å²) < 4.78 is 13.7. The molecule has 0 radical (unpaired) electrons. The number of benzene rings is 2. The van der Waals surface area contributed by atoms with Crippen LogP contribution in [0.2, 0.25) is 5.02 Å². The van der Waals surface area contributed by atoms with Crippen molar-refractivity contribution in [3.8, 4) is 0 Å². The highest BCUT2D eigenvalue weighted by molar-refractivity contribution is 6.31. The van der Waals surface area contributed by atoms with Crippen LogP contribution in [0.25, 0.3) is 10.9 Å².